The highest BCUT2D eigenvalue weighted by Crippen LogP contribution is 2.77. The molecule has 0 aromatic carbocycles. The van der Waals surface area contributed by atoms with E-state index < -0.39 is 23.3 Å². The summed E-state index contributed by atoms with van der Waals surface area (Å²) < 4.78 is 14.8. The molecule has 4 atom stereocenters. The summed E-state index contributed by atoms with van der Waals surface area (Å²) in [4.78, 5) is 37.1. The van der Waals surface area contributed by atoms with Gasteiger partial charge in [0.05, 0.1) is 26.7 Å². The third-order valence-electron chi connectivity index (χ3n) is 7.86. The molecule has 4 rings (SSSR count). The van der Waals surface area contributed by atoms with E-state index >= 15 is 0 Å². The standard InChI is InChI=1S/C23H28O6/c1-27-18(24)9-11-21-10-5-4-6-15(21)7-8-17(21)22-12-16(22)13-23(14-22,19(25)28-2)20(26)29-3/h8,15-16H,4-7,10,12-14H2,1-3H3/t15-,16+,21+,22+/m0/s1. The lowest BCUT2D eigenvalue weighted by Gasteiger charge is -2.41. The summed E-state index contributed by atoms with van der Waals surface area (Å²) in [5.41, 5.74) is -0.578. The van der Waals surface area contributed by atoms with Gasteiger partial charge in [0.15, 0.2) is 5.41 Å². The maximum absolute atomic E-state index is 12.6. The number of carbonyl (C=O) groups is 3. The topological polar surface area (TPSA) is 78.9 Å². The first-order chi connectivity index (χ1) is 13.9. The van der Waals surface area contributed by atoms with Crippen LogP contribution >= 0.6 is 0 Å². The Morgan fingerprint density at radius 3 is 2.38 bits per heavy atom. The normalized spacial score (nSPS) is 35.9. The van der Waals surface area contributed by atoms with Gasteiger partial charge in [-0.25, -0.2) is 4.79 Å². The van der Waals surface area contributed by atoms with Crippen LogP contribution < -0.4 is 0 Å². The summed E-state index contributed by atoms with van der Waals surface area (Å²) in [5.74, 6) is 5.10. The Morgan fingerprint density at radius 2 is 1.72 bits per heavy atom. The van der Waals surface area contributed by atoms with Crippen molar-refractivity contribution in [1.82, 2.24) is 0 Å². The fourth-order valence-electron chi connectivity index (χ4n) is 6.56. The molecule has 6 nitrogen and oxygen atoms in total. The maximum Gasteiger partial charge on any atom is 0.384 e. The van der Waals surface area contributed by atoms with Crippen molar-refractivity contribution in [3.05, 3.63) is 11.6 Å². The van der Waals surface area contributed by atoms with Gasteiger partial charge in [-0.2, -0.15) is 0 Å². The van der Waals surface area contributed by atoms with Crippen molar-refractivity contribution < 1.29 is 28.6 Å². The zero-order chi connectivity index (χ0) is 20.9. The third-order valence-corrected chi connectivity index (χ3v) is 7.86. The van der Waals surface area contributed by atoms with Crippen LogP contribution in [0.4, 0.5) is 0 Å². The van der Waals surface area contributed by atoms with Gasteiger partial charge < -0.3 is 14.2 Å². The lowest BCUT2D eigenvalue weighted by atomic mass is 9.61. The Bertz CT molecular complexity index is 829. The third kappa shape index (κ3) is 2.73. The molecule has 3 fully saturated rings. The van der Waals surface area contributed by atoms with Gasteiger partial charge in [0, 0.05) is 5.92 Å². The van der Waals surface area contributed by atoms with E-state index in [1.54, 1.807) is 0 Å². The molecule has 0 unspecified atom stereocenters. The van der Waals surface area contributed by atoms with Crippen LogP contribution in [-0.4, -0.2) is 39.2 Å². The molecule has 4 aliphatic rings. The first-order valence-corrected chi connectivity index (χ1v) is 10.4. The van der Waals surface area contributed by atoms with Crippen LogP contribution in [0.2, 0.25) is 0 Å². The first-order valence-electron chi connectivity index (χ1n) is 10.4. The average Bonchev–Trinajstić information content (AvgIpc) is 3.13. The van der Waals surface area contributed by atoms with Gasteiger partial charge >= 0.3 is 17.9 Å². The molecule has 29 heavy (non-hydrogen) atoms. The van der Waals surface area contributed by atoms with Gasteiger partial charge in [-0.05, 0) is 61.3 Å². The molecule has 3 saturated carbocycles. The van der Waals surface area contributed by atoms with Gasteiger partial charge in [-0.15, -0.1) is 0 Å². The van der Waals surface area contributed by atoms with Crippen LogP contribution in [0.1, 0.15) is 51.4 Å². The van der Waals surface area contributed by atoms with Gasteiger partial charge in [0.1, 0.15) is 0 Å². The van der Waals surface area contributed by atoms with E-state index in [4.69, 9.17) is 14.2 Å². The molecule has 0 spiro atoms. The number of rotatable bonds is 3. The van der Waals surface area contributed by atoms with Crippen molar-refractivity contribution in [2.75, 3.05) is 21.3 Å². The van der Waals surface area contributed by atoms with Crippen molar-refractivity contribution >= 4 is 17.9 Å². The number of esters is 3. The quantitative estimate of drug-likeness (QED) is 0.181. The van der Waals surface area contributed by atoms with Crippen molar-refractivity contribution in [2.24, 2.45) is 28.1 Å². The summed E-state index contributed by atoms with van der Waals surface area (Å²) in [7, 11) is 3.98. The Hall–Kier alpha value is -2.29. The van der Waals surface area contributed by atoms with Gasteiger partial charge in [0.25, 0.3) is 0 Å². The SMILES string of the molecule is COC(=O)C#C[C@]12CCCC[C@H]1CC=C2[C@@]12C[C@@H]1CC(C(=O)OC)(C(=O)OC)C2. The van der Waals surface area contributed by atoms with E-state index in [2.05, 4.69) is 17.9 Å². The molecular formula is C23H28O6. The number of carbonyl (C=O) groups excluding carboxylic acids is 3. The van der Waals surface area contributed by atoms with Crippen molar-refractivity contribution in [3.63, 3.8) is 0 Å². The number of ether oxygens (including phenoxy) is 3. The van der Waals surface area contributed by atoms with Crippen molar-refractivity contribution in [1.29, 1.82) is 0 Å². The second-order valence-electron chi connectivity index (χ2n) is 9.01. The molecule has 0 bridgehead atoms. The molecule has 0 radical (unpaired) electrons. The van der Waals surface area contributed by atoms with Crippen LogP contribution in [0.5, 0.6) is 0 Å². The van der Waals surface area contributed by atoms with Crippen LogP contribution in [0.15, 0.2) is 11.6 Å². The summed E-state index contributed by atoms with van der Waals surface area (Å²) in [6.07, 6.45) is 9.24. The van der Waals surface area contributed by atoms with E-state index in [1.165, 1.54) is 26.9 Å². The maximum atomic E-state index is 12.6. The molecule has 4 aliphatic carbocycles. The summed E-state index contributed by atoms with van der Waals surface area (Å²) in [5, 5.41) is 0. The molecule has 0 saturated heterocycles. The average molecular weight is 400 g/mol. The zero-order valence-electron chi connectivity index (χ0n) is 17.3. The highest BCUT2D eigenvalue weighted by atomic mass is 16.5. The summed E-state index contributed by atoms with van der Waals surface area (Å²) in [6, 6.07) is 0. The van der Waals surface area contributed by atoms with Crippen LogP contribution in [-0.2, 0) is 28.6 Å². The molecule has 156 valence electrons. The van der Waals surface area contributed by atoms with E-state index in [0.29, 0.717) is 18.8 Å². The second kappa shape index (κ2) is 6.90. The largest absolute Gasteiger partial charge is 0.468 e. The van der Waals surface area contributed by atoms with Gasteiger partial charge in [-0.1, -0.05) is 24.8 Å². The monoisotopic (exact) mass is 400 g/mol. The molecule has 0 N–H and O–H groups in total. The van der Waals surface area contributed by atoms with E-state index in [1.807, 2.05) is 0 Å². The second-order valence-corrected chi connectivity index (χ2v) is 9.01. The van der Waals surface area contributed by atoms with Crippen LogP contribution in [0, 0.1) is 39.9 Å². The molecule has 0 heterocycles. The molecule has 0 aromatic heterocycles. The first kappa shape index (κ1) is 20.0. The van der Waals surface area contributed by atoms with E-state index in [-0.39, 0.29) is 16.7 Å². The van der Waals surface area contributed by atoms with Crippen molar-refractivity contribution in [3.8, 4) is 11.8 Å². The Morgan fingerprint density at radius 1 is 1.00 bits per heavy atom. The molecule has 6 heteroatoms. The predicted molar refractivity (Wildman–Crippen MR) is 103 cm³/mol. The minimum absolute atomic E-state index is 0.223. The number of allylic oxidation sites excluding steroid dienone is 2. The fourth-order valence-corrected chi connectivity index (χ4v) is 6.56. The minimum Gasteiger partial charge on any atom is -0.468 e. The Labute approximate surface area is 171 Å². The summed E-state index contributed by atoms with van der Waals surface area (Å²) in [6.45, 7) is 0. The van der Waals surface area contributed by atoms with E-state index in [9.17, 15) is 14.4 Å². The van der Waals surface area contributed by atoms with Gasteiger partial charge in [0.2, 0.25) is 0 Å². The van der Waals surface area contributed by atoms with E-state index in [0.717, 1.165) is 38.5 Å². The number of methoxy groups -OCH3 is 3. The molecule has 0 amide bonds. The highest BCUT2D eigenvalue weighted by molar-refractivity contribution is 6.01. The number of fused-ring (bicyclic) bond motifs is 2. The Kier molecular flexibility index (Phi) is 4.76. The van der Waals surface area contributed by atoms with Crippen LogP contribution in [0.3, 0.4) is 0 Å². The van der Waals surface area contributed by atoms with Crippen LogP contribution in [0.25, 0.3) is 0 Å². The molecule has 0 aliphatic heterocycles. The lowest BCUT2D eigenvalue weighted by Crippen LogP contribution is -2.41. The predicted octanol–water partition coefficient (Wildman–Crippen LogP) is 2.80. The molecule has 0 aromatic rings. The van der Waals surface area contributed by atoms with Gasteiger partial charge in [-0.3, -0.25) is 9.59 Å². The molecular weight excluding hydrogens is 372 g/mol. The smallest absolute Gasteiger partial charge is 0.384 e. The summed E-state index contributed by atoms with van der Waals surface area (Å²) >= 11 is 0. The van der Waals surface area contributed by atoms with Crippen molar-refractivity contribution in [2.45, 2.75) is 51.4 Å². The minimum atomic E-state index is -1.24. The number of hydrogen-bond acceptors (Lipinski definition) is 6. The fraction of sp³-hybridized carbons (Fsp3) is 0.696. The lowest BCUT2D eigenvalue weighted by molar-refractivity contribution is -0.169. The zero-order valence-corrected chi connectivity index (χ0v) is 17.3. The highest BCUT2D eigenvalue weighted by Gasteiger charge is 2.74. The number of hydrogen-bond donors (Lipinski definition) is 0. The Balaban J connectivity index is 1.72.